The van der Waals surface area contributed by atoms with Crippen molar-refractivity contribution in [3.05, 3.63) is 53.9 Å². The average molecular weight is 420 g/mol. The molecule has 31 heavy (non-hydrogen) atoms. The zero-order valence-corrected chi connectivity index (χ0v) is 20.2. The molecule has 3 rings (SSSR count). The summed E-state index contributed by atoms with van der Waals surface area (Å²) in [7, 11) is 0. The Morgan fingerprint density at radius 3 is 1.97 bits per heavy atom. The van der Waals surface area contributed by atoms with Gasteiger partial charge in [0.05, 0.1) is 0 Å². The van der Waals surface area contributed by atoms with Gasteiger partial charge in [0.1, 0.15) is 0 Å². The van der Waals surface area contributed by atoms with Crippen LogP contribution in [0.1, 0.15) is 121 Å². The lowest BCUT2D eigenvalue weighted by Gasteiger charge is -2.28. The van der Waals surface area contributed by atoms with E-state index < -0.39 is 0 Å². The number of pyridine rings is 1. The molecule has 1 nitrogen and oxygen atoms in total. The largest absolute Gasteiger partial charge is 0.260 e. The average Bonchev–Trinajstić information content (AvgIpc) is 2.83. The Kier molecular flexibility index (Phi) is 10.6. The van der Waals surface area contributed by atoms with Crippen molar-refractivity contribution in [2.24, 2.45) is 5.92 Å². The molecule has 0 radical (unpaired) electrons. The first-order valence-electron chi connectivity index (χ1n) is 13.4. The van der Waals surface area contributed by atoms with Gasteiger partial charge in [-0.25, -0.2) is 0 Å². The molecule has 0 spiro atoms. The highest BCUT2D eigenvalue weighted by molar-refractivity contribution is 5.62. The summed E-state index contributed by atoms with van der Waals surface area (Å²) in [5.74, 6) is 1.65. The highest BCUT2D eigenvalue weighted by Crippen LogP contribution is 2.37. The summed E-state index contributed by atoms with van der Waals surface area (Å²) in [6.07, 6.45) is 22.6. The minimum atomic E-state index is 0.677. The summed E-state index contributed by atoms with van der Waals surface area (Å²) in [5.41, 5.74) is 5.33. The number of aryl methyl sites for hydroxylation is 1. The van der Waals surface area contributed by atoms with Crippen LogP contribution in [0, 0.1) is 5.92 Å². The SMILES string of the molecule is CCCCCCCC1CCC(c2ccc(-c3ccc(CCCCCC)cc3)cn2)CC1. The Hall–Kier alpha value is -1.63. The van der Waals surface area contributed by atoms with E-state index in [2.05, 4.69) is 56.4 Å². The number of nitrogens with zero attached hydrogens (tertiary/aromatic N) is 1. The van der Waals surface area contributed by atoms with Crippen LogP contribution in [0.25, 0.3) is 11.1 Å². The van der Waals surface area contributed by atoms with E-state index in [1.807, 2.05) is 0 Å². The Morgan fingerprint density at radius 1 is 0.677 bits per heavy atom. The van der Waals surface area contributed by atoms with E-state index in [4.69, 9.17) is 4.98 Å². The number of aromatic nitrogens is 1. The number of hydrogen-bond donors (Lipinski definition) is 0. The Labute approximate surface area is 192 Å². The molecule has 170 valence electrons. The summed E-state index contributed by atoms with van der Waals surface area (Å²) in [5, 5.41) is 0. The van der Waals surface area contributed by atoms with Crippen molar-refractivity contribution < 1.29 is 0 Å². The van der Waals surface area contributed by atoms with E-state index in [-0.39, 0.29) is 0 Å². The van der Waals surface area contributed by atoms with Gasteiger partial charge >= 0.3 is 0 Å². The lowest BCUT2D eigenvalue weighted by atomic mass is 9.78. The van der Waals surface area contributed by atoms with Crippen molar-refractivity contribution in [1.82, 2.24) is 4.98 Å². The van der Waals surface area contributed by atoms with Gasteiger partial charge in [0, 0.05) is 23.4 Å². The van der Waals surface area contributed by atoms with Crippen molar-refractivity contribution >= 4 is 0 Å². The predicted molar refractivity (Wildman–Crippen MR) is 136 cm³/mol. The summed E-state index contributed by atoms with van der Waals surface area (Å²) < 4.78 is 0. The van der Waals surface area contributed by atoms with Crippen LogP contribution in [0.4, 0.5) is 0 Å². The smallest absolute Gasteiger partial charge is 0.0434 e. The fourth-order valence-corrected chi connectivity index (χ4v) is 5.22. The second-order valence-electron chi connectivity index (χ2n) is 9.90. The molecule has 0 unspecified atom stereocenters. The first kappa shape index (κ1) is 24.0. The molecule has 2 aromatic rings. The molecule has 1 fully saturated rings. The van der Waals surface area contributed by atoms with E-state index in [0.717, 1.165) is 5.92 Å². The van der Waals surface area contributed by atoms with Crippen LogP contribution >= 0.6 is 0 Å². The zero-order chi connectivity index (χ0) is 21.7. The van der Waals surface area contributed by atoms with Crippen LogP contribution in [0.3, 0.4) is 0 Å². The van der Waals surface area contributed by atoms with Gasteiger partial charge in [0.2, 0.25) is 0 Å². The maximum absolute atomic E-state index is 4.89. The molecule has 1 aliphatic rings. The number of rotatable bonds is 13. The molecular formula is C30H45N. The van der Waals surface area contributed by atoms with Gasteiger partial charge in [-0.05, 0) is 61.6 Å². The lowest BCUT2D eigenvalue weighted by Crippen LogP contribution is -2.14. The summed E-state index contributed by atoms with van der Waals surface area (Å²) in [4.78, 5) is 4.89. The van der Waals surface area contributed by atoms with Gasteiger partial charge in [-0.2, -0.15) is 0 Å². The van der Waals surface area contributed by atoms with Crippen molar-refractivity contribution in [1.29, 1.82) is 0 Å². The maximum atomic E-state index is 4.89. The number of benzene rings is 1. The first-order chi connectivity index (χ1) is 15.3. The van der Waals surface area contributed by atoms with Crippen molar-refractivity contribution in [3.63, 3.8) is 0 Å². The van der Waals surface area contributed by atoms with Crippen LogP contribution in [0.5, 0.6) is 0 Å². The minimum Gasteiger partial charge on any atom is -0.260 e. The molecule has 1 aliphatic carbocycles. The molecular weight excluding hydrogens is 374 g/mol. The lowest BCUT2D eigenvalue weighted by molar-refractivity contribution is 0.299. The summed E-state index contributed by atoms with van der Waals surface area (Å²) in [6.45, 7) is 4.57. The highest BCUT2D eigenvalue weighted by Gasteiger charge is 2.22. The molecule has 0 amide bonds. The van der Waals surface area contributed by atoms with Gasteiger partial charge in [0.15, 0.2) is 0 Å². The molecule has 1 heterocycles. The molecule has 1 heteroatoms. The third-order valence-electron chi connectivity index (χ3n) is 7.37. The summed E-state index contributed by atoms with van der Waals surface area (Å²) in [6, 6.07) is 13.7. The van der Waals surface area contributed by atoms with E-state index in [9.17, 15) is 0 Å². The third kappa shape index (κ3) is 8.09. The Balaban J connectivity index is 1.43. The Morgan fingerprint density at radius 2 is 1.32 bits per heavy atom. The minimum absolute atomic E-state index is 0.677. The van der Waals surface area contributed by atoms with E-state index in [1.54, 1.807) is 0 Å². The van der Waals surface area contributed by atoms with Crippen LogP contribution in [0.15, 0.2) is 42.6 Å². The van der Waals surface area contributed by atoms with Gasteiger partial charge < -0.3 is 0 Å². The first-order valence-corrected chi connectivity index (χ1v) is 13.4. The quantitative estimate of drug-likeness (QED) is 0.294. The molecule has 0 saturated heterocycles. The van der Waals surface area contributed by atoms with E-state index >= 15 is 0 Å². The molecule has 0 aliphatic heterocycles. The van der Waals surface area contributed by atoms with E-state index in [1.165, 1.54) is 119 Å². The fraction of sp³-hybridized carbons (Fsp3) is 0.633. The van der Waals surface area contributed by atoms with Crippen LogP contribution in [0.2, 0.25) is 0 Å². The molecule has 0 N–H and O–H groups in total. The highest BCUT2D eigenvalue weighted by atomic mass is 14.7. The van der Waals surface area contributed by atoms with Crippen LogP contribution in [-0.4, -0.2) is 4.98 Å². The van der Waals surface area contributed by atoms with Crippen LogP contribution in [-0.2, 0) is 6.42 Å². The molecule has 0 atom stereocenters. The van der Waals surface area contributed by atoms with Crippen molar-refractivity contribution in [2.75, 3.05) is 0 Å². The zero-order valence-electron chi connectivity index (χ0n) is 20.2. The summed E-state index contributed by atoms with van der Waals surface area (Å²) >= 11 is 0. The second-order valence-corrected chi connectivity index (χ2v) is 9.90. The standard InChI is InChI=1S/C30H45N/c1-3-5-7-9-11-13-26-16-20-28(21-17-26)30-23-22-29(24-31-30)27-18-14-25(15-19-27)12-10-8-6-4-2/h14-15,18-19,22-24,26,28H,3-13,16-17,20-21H2,1-2H3. The number of hydrogen-bond acceptors (Lipinski definition) is 1. The molecule has 0 bridgehead atoms. The fourth-order valence-electron chi connectivity index (χ4n) is 5.22. The molecule has 1 aromatic carbocycles. The molecule has 1 aromatic heterocycles. The Bertz CT molecular complexity index is 707. The normalized spacial score (nSPS) is 18.9. The second kappa shape index (κ2) is 13.7. The topological polar surface area (TPSA) is 12.9 Å². The van der Waals surface area contributed by atoms with Crippen molar-refractivity contribution in [2.45, 2.75) is 116 Å². The van der Waals surface area contributed by atoms with Gasteiger partial charge in [-0.15, -0.1) is 0 Å². The van der Waals surface area contributed by atoms with Gasteiger partial charge in [0.25, 0.3) is 0 Å². The van der Waals surface area contributed by atoms with Gasteiger partial charge in [-0.1, -0.05) is 102 Å². The maximum Gasteiger partial charge on any atom is 0.0434 e. The third-order valence-corrected chi connectivity index (χ3v) is 7.37. The van der Waals surface area contributed by atoms with Crippen molar-refractivity contribution in [3.8, 4) is 11.1 Å². The monoisotopic (exact) mass is 419 g/mol. The number of unbranched alkanes of at least 4 members (excludes halogenated alkanes) is 7. The molecule has 1 saturated carbocycles. The van der Waals surface area contributed by atoms with Gasteiger partial charge in [-0.3, -0.25) is 4.98 Å². The van der Waals surface area contributed by atoms with E-state index in [0.29, 0.717) is 5.92 Å². The van der Waals surface area contributed by atoms with Crippen LogP contribution < -0.4 is 0 Å². The predicted octanol–water partition coefficient (Wildman–Crippen LogP) is 9.51.